The van der Waals surface area contributed by atoms with E-state index in [2.05, 4.69) is 16.0 Å². The van der Waals surface area contributed by atoms with Gasteiger partial charge in [-0.25, -0.2) is 0 Å². The highest BCUT2D eigenvalue weighted by Crippen LogP contribution is 2.84. The number of carboxylic acid groups (broad SMARTS) is 3. The van der Waals surface area contributed by atoms with E-state index in [1.165, 1.54) is 44.9 Å². The van der Waals surface area contributed by atoms with Crippen LogP contribution < -0.4 is 16.0 Å². The van der Waals surface area contributed by atoms with Gasteiger partial charge in [-0.05, 0) is 60.1 Å². The number of carbonyl (C=O) groups excluding carboxylic acids is 5. The second-order valence-corrected chi connectivity index (χ2v) is 28.2. The Hall–Kier alpha value is -1.98. The molecule has 2 rings (SSSR count). The molecule has 0 unspecified atom stereocenters. The minimum Gasteiger partial charge on any atom is -0.481 e. The zero-order valence-corrected chi connectivity index (χ0v) is 49.7. The predicted octanol–water partition coefficient (Wildman–Crippen LogP) is 8.53. The molecule has 0 aromatic rings. The van der Waals surface area contributed by atoms with E-state index in [4.69, 9.17) is 33.5 Å². The van der Waals surface area contributed by atoms with Crippen molar-refractivity contribution < 1.29 is 82.1 Å². The molecule has 0 saturated carbocycles. The van der Waals surface area contributed by atoms with Gasteiger partial charge in [0.1, 0.15) is 25.6 Å². The van der Waals surface area contributed by atoms with Gasteiger partial charge in [0.05, 0.1) is 69.3 Å². The van der Waals surface area contributed by atoms with Crippen LogP contribution in [0, 0.1) is 11.8 Å². The zero-order chi connectivity index (χ0) is 56.0. The van der Waals surface area contributed by atoms with Crippen LogP contribution in [0.5, 0.6) is 0 Å². The molecule has 1 spiro atoms. The van der Waals surface area contributed by atoms with Crippen molar-refractivity contribution in [3.63, 3.8) is 0 Å². The Balaban J connectivity index is 1.28. The highest BCUT2D eigenvalue weighted by Gasteiger charge is 2.53. The second kappa shape index (κ2) is 47.6. The quantitative estimate of drug-likeness (QED) is 0.0189. The summed E-state index contributed by atoms with van der Waals surface area (Å²) in [6.07, 6.45) is 18.6. The molecule has 2 fully saturated rings. The van der Waals surface area contributed by atoms with Gasteiger partial charge in [0.25, 0.3) is 0 Å². The van der Waals surface area contributed by atoms with Crippen LogP contribution in [0.1, 0.15) is 154 Å². The van der Waals surface area contributed by atoms with Crippen molar-refractivity contribution in [3.8, 4) is 0 Å². The van der Waals surface area contributed by atoms with Crippen LogP contribution >= 0.6 is 64.8 Å². The maximum absolute atomic E-state index is 12.5. The summed E-state index contributed by atoms with van der Waals surface area (Å²) < 4.78 is 32.5. The Kier molecular flexibility index (Phi) is 44.0. The second-order valence-electron chi connectivity index (χ2n) is 18.7. The summed E-state index contributed by atoms with van der Waals surface area (Å²) in [4.78, 5) is 95.0. The first-order valence-electron chi connectivity index (χ1n) is 27.3. The first-order chi connectivity index (χ1) is 37.3. The maximum atomic E-state index is 12.5. The Morgan fingerprint density at radius 1 is 0.403 bits per heavy atom. The molecule has 6 N–H and O–H groups in total. The summed E-state index contributed by atoms with van der Waals surface area (Å²) in [5, 5.41) is 36.1. The third-order valence-corrected chi connectivity index (χ3v) is 25.9. The van der Waals surface area contributed by atoms with Gasteiger partial charge in [-0.15, -0.1) is 0 Å². The van der Waals surface area contributed by atoms with E-state index in [1.807, 2.05) is 21.6 Å². The first-order valence-corrected chi connectivity index (χ1v) is 33.9. The van der Waals surface area contributed by atoms with Crippen LogP contribution in [0.2, 0.25) is 0 Å². The van der Waals surface area contributed by atoms with E-state index >= 15 is 0 Å². The summed E-state index contributed by atoms with van der Waals surface area (Å²) in [5.74, 6) is -4.93. The van der Waals surface area contributed by atoms with E-state index in [0.29, 0.717) is 45.3 Å². The van der Waals surface area contributed by atoms with Crippen LogP contribution in [-0.4, -0.2) is 169 Å². The summed E-state index contributed by atoms with van der Waals surface area (Å²) in [6.45, 7) is 2.82. The lowest BCUT2D eigenvalue weighted by Gasteiger charge is -2.27. The van der Waals surface area contributed by atoms with Crippen molar-refractivity contribution >= 4 is 112 Å². The van der Waals surface area contributed by atoms with Crippen molar-refractivity contribution in [3.05, 3.63) is 0 Å². The van der Waals surface area contributed by atoms with Crippen LogP contribution in [0.15, 0.2) is 0 Å². The number of hydrogen-bond acceptors (Lipinski definition) is 20. The number of carboxylic acids is 3. The van der Waals surface area contributed by atoms with Crippen molar-refractivity contribution in [2.45, 2.75) is 161 Å². The van der Waals surface area contributed by atoms with Gasteiger partial charge < -0.3 is 59.7 Å². The largest absolute Gasteiger partial charge is 0.481 e. The van der Waals surface area contributed by atoms with E-state index in [-0.39, 0.29) is 154 Å². The molecule has 0 aromatic heterocycles. The molecular formula is C51H87N3O17S6. The lowest BCUT2D eigenvalue weighted by molar-refractivity contribution is -0.144. The fraction of sp³-hybridized carbons (Fsp3) is 0.843. The Bertz CT molecular complexity index is 1660. The molecule has 0 aromatic carbocycles. The van der Waals surface area contributed by atoms with Gasteiger partial charge >= 0.3 is 17.9 Å². The van der Waals surface area contributed by atoms with Crippen molar-refractivity contribution in [1.82, 2.24) is 16.0 Å². The topological polar surface area (TPSA) is 289 Å². The normalized spacial score (nSPS) is 14.7. The Morgan fingerprint density at radius 3 is 1.36 bits per heavy atom. The van der Waals surface area contributed by atoms with Gasteiger partial charge in [0.15, 0.2) is 8.53 Å². The molecule has 0 aliphatic carbocycles. The molecule has 0 radical (unpaired) electrons. The van der Waals surface area contributed by atoms with Gasteiger partial charge in [0.2, 0.25) is 17.7 Å². The fourth-order valence-electron chi connectivity index (χ4n) is 7.61. The van der Waals surface area contributed by atoms with Gasteiger partial charge in [-0.1, -0.05) is 127 Å². The molecule has 2 saturated heterocycles. The number of hydrogen-bond donors (Lipinski definition) is 6. The average molecular weight is 1210 g/mol. The molecular weight excluding hydrogens is 1120 g/mol. The highest BCUT2D eigenvalue weighted by atomic mass is 33.2. The first kappa shape index (κ1) is 71.1. The van der Waals surface area contributed by atoms with E-state index in [9.17, 15) is 48.6 Å². The monoisotopic (exact) mass is 1210 g/mol. The number of nitrogens with one attached hydrogen (secondary N) is 3. The third-order valence-electron chi connectivity index (χ3n) is 12.0. The number of rotatable bonds is 55. The number of carbonyl (C=O) groups is 8. The molecule has 20 nitrogen and oxygen atoms in total. The van der Waals surface area contributed by atoms with Gasteiger partial charge in [-0.3, -0.25) is 38.4 Å². The Morgan fingerprint density at radius 2 is 0.857 bits per heavy atom. The summed E-state index contributed by atoms with van der Waals surface area (Å²) in [5.41, 5.74) is 0. The average Bonchev–Trinajstić information content (AvgIpc) is 4.18. The highest BCUT2D eigenvalue weighted by molar-refractivity contribution is 9.14. The smallest absolute Gasteiger partial charge is 0.308 e. The van der Waals surface area contributed by atoms with Crippen LogP contribution in [0.3, 0.4) is 0 Å². The lowest BCUT2D eigenvalue weighted by atomic mass is 9.94. The number of amides is 3. The number of aliphatic carboxylic acids is 3. The molecule has 2 heterocycles. The van der Waals surface area contributed by atoms with Crippen LogP contribution in [0.4, 0.5) is 0 Å². The van der Waals surface area contributed by atoms with E-state index in [0.717, 1.165) is 44.9 Å². The van der Waals surface area contributed by atoms with Crippen molar-refractivity contribution in [2.75, 3.05) is 98.9 Å². The molecule has 444 valence electrons. The molecule has 2 atom stereocenters. The van der Waals surface area contributed by atoms with Crippen molar-refractivity contribution in [1.29, 1.82) is 0 Å². The molecule has 77 heavy (non-hydrogen) atoms. The SMILES string of the molecule is O=C(O)CCCCCCCCCCCCCCCCC(=O)C[C@@H](CCC(=O)NCCOCCOCC(=O)CCCOCCOCC(=O)NCCOCCOCC(=O)NCCCC[C@@H](C(=O)O)C1SSC2(SS1)SS2)C(=O)O. The minimum atomic E-state index is -1.08. The summed E-state index contributed by atoms with van der Waals surface area (Å²) >= 11 is 0. The van der Waals surface area contributed by atoms with E-state index in [1.54, 1.807) is 43.2 Å². The maximum Gasteiger partial charge on any atom is 0.308 e. The number of unbranched alkanes of at least 4 members (excludes halogenated alkanes) is 14. The molecule has 0 bridgehead atoms. The van der Waals surface area contributed by atoms with Crippen LogP contribution in [-0.2, 0) is 66.8 Å². The minimum absolute atomic E-state index is 0.00400. The fourth-order valence-corrected chi connectivity index (χ4v) is 21.4. The standard InChI is InChI=1S/C51H87N3O17S6/c55-41(18-13-11-9-7-5-3-1-2-4-6-8-10-12-14-21-47(60)61)36-40(48(62)63)22-23-44(57)53-25-28-67-31-33-69-37-42(56)19-17-27-66-30-34-70-39-46(59)54-26-29-68-32-35-71-38-45(58)52-24-16-15-20-43(49(64)65)50-72-74-51(75-73-50)76-77-51/h40,43,50H,1-39H2,(H,52,58)(H,53,57)(H,54,59)(H,60,61)(H,62,63)(H,64,65)/t40-,43+/m1/s1. The molecule has 26 heteroatoms. The van der Waals surface area contributed by atoms with Gasteiger partial charge in [-0.2, -0.15) is 0 Å². The third kappa shape index (κ3) is 41.6. The molecule has 2 aliphatic rings. The predicted molar refractivity (Wildman–Crippen MR) is 307 cm³/mol. The van der Waals surface area contributed by atoms with Gasteiger partial charge in [0, 0.05) is 58.3 Å². The van der Waals surface area contributed by atoms with Crippen molar-refractivity contribution in [2.24, 2.45) is 11.8 Å². The number of ether oxygens (including phenoxy) is 6. The Labute approximate surface area is 479 Å². The molecule has 3 amide bonds. The zero-order valence-electron chi connectivity index (χ0n) is 44.8. The molecule has 2 aliphatic heterocycles. The number of Topliss-reactive ketones (excluding diaryl/α,β-unsaturated/α-hetero) is 2. The number of ketones is 2. The van der Waals surface area contributed by atoms with Crippen LogP contribution in [0.25, 0.3) is 0 Å². The summed E-state index contributed by atoms with van der Waals surface area (Å²) in [7, 11) is 10.4. The lowest BCUT2D eigenvalue weighted by Crippen LogP contribution is -2.31. The van der Waals surface area contributed by atoms with E-state index < -0.39 is 29.7 Å². The summed E-state index contributed by atoms with van der Waals surface area (Å²) in [6, 6.07) is 0.